The van der Waals surface area contributed by atoms with E-state index in [1.165, 1.54) is 225 Å². The highest BCUT2D eigenvalue weighted by molar-refractivity contribution is 7.47. The summed E-state index contributed by atoms with van der Waals surface area (Å²) in [5, 5.41) is 10.6. The molecule has 0 heterocycles. The maximum atomic E-state index is 13.1. The van der Waals surface area contributed by atoms with E-state index >= 15 is 0 Å². The number of carbonyl (C=O) groups excluding carboxylic acids is 4. The molecule has 0 saturated heterocycles. The molecular weight excluding hydrogens is 1340 g/mol. The summed E-state index contributed by atoms with van der Waals surface area (Å²) >= 11 is 0. The fraction of sp³-hybridized carbons (Fsp3) is 0.952. The van der Waals surface area contributed by atoms with E-state index in [1.807, 2.05) is 0 Å². The predicted molar refractivity (Wildman–Crippen MR) is 423 cm³/mol. The SMILES string of the molecule is CCC(C)CCCCCCCCCCCCCCCCCCCCC(=O)O[C@H](COC(=O)CCCCCCCCC(C)CC)COP(=O)(O)OC[C@@H](O)COP(=O)(O)OC[C@@H](COC(=O)CCCCCCCCC(C)CC)OC(=O)CCCCCCCCCCCCCCCCCCCCC(C)C. The summed E-state index contributed by atoms with van der Waals surface area (Å²) in [7, 11) is -9.92. The molecule has 0 aromatic heterocycles. The predicted octanol–water partition coefficient (Wildman–Crippen LogP) is 25.2. The molecule has 0 aliphatic rings. The van der Waals surface area contributed by atoms with Crippen LogP contribution in [0.4, 0.5) is 0 Å². The number of carbonyl (C=O) groups is 4. The van der Waals surface area contributed by atoms with Gasteiger partial charge in [-0.1, -0.05) is 383 Å². The van der Waals surface area contributed by atoms with Crippen LogP contribution in [0.15, 0.2) is 0 Å². The van der Waals surface area contributed by atoms with E-state index in [2.05, 4.69) is 55.4 Å². The number of hydrogen-bond donors (Lipinski definition) is 3. The molecule has 0 aliphatic carbocycles. The van der Waals surface area contributed by atoms with Gasteiger partial charge in [-0.15, -0.1) is 0 Å². The highest BCUT2D eigenvalue weighted by atomic mass is 31.2. The number of rotatable bonds is 81. The van der Waals surface area contributed by atoms with Crippen LogP contribution >= 0.6 is 15.6 Å². The summed E-state index contributed by atoms with van der Waals surface area (Å²) in [6.45, 7) is 14.3. The average Bonchev–Trinajstić information content (AvgIpc) is 0.941. The minimum Gasteiger partial charge on any atom is -0.462 e. The Morgan fingerprint density at radius 1 is 0.272 bits per heavy atom. The molecule has 103 heavy (non-hydrogen) atoms. The second-order valence-electron chi connectivity index (χ2n) is 31.4. The number of phosphoric ester groups is 2. The summed E-state index contributed by atoms with van der Waals surface area (Å²) in [4.78, 5) is 73.0. The maximum Gasteiger partial charge on any atom is 0.472 e. The average molecular weight is 1510 g/mol. The van der Waals surface area contributed by atoms with Crippen molar-refractivity contribution in [2.45, 2.75) is 453 Å². The lowest BCUT2D eigenvalue weighted by atomic mass is 9.99. The molecule has 0 rings (SSSR count). The Hall–Kier alpha value is -1.94. The molecule has 0 aliphatic heterocycles. The Morgan fingerprint density at radius 2 is 0.466 bits per heavy atom. The lowest BCUT2D eigenvalue weighted by Crippen LogP contribution is -2.30. The van der Waals surface area contributed by atoms with Crippen LogP contribution in [-0.2, 0) is 65.4 Å². The number of hydrogen-bond acceptors (Lipinski definition) is 15. The number of phosphoric acid groups is 2. The van der Waals surface area contributed by atoms with Crippen molar-refractivity contribution in [1.29, 1.82) is 0 Å². The smallest absolute Gasteiger partial charge is 0.462 e. The highest BCUT2D eigenvalue weighted by Gasteiger charge is 2.30. The van der Waals surface area contributed by atoms with Crippen molar-refractivity contribution in [3.8, 4) is 0 Å². The zero-order valence-electron chi connectivity index (χ0n) is 68.0. The van der Waals surface area contributed by atoms with Crippen LogP contribution in [-0.4, -0.2) is 96.7 Å². The summed E-state index contributed by atoms with van der Waals surface area (Å²) in [5.74, 6) is 1.04. The zero-order valence-corrected chi connectivity index (χ0v) is 69.7. The van der Waals surface area contributed by atoms with Gasteiger partial charge in [0.15, 0.2) is 12.2 Å². The molecule has 0 amide bonds. The van der Waals surface area contributed by atoms with Crippen LogP contribution in [0.2, 0.25) is 0 Å². The van der Waals surface area contributed by atoms with Crippen molar-refractivity contribution in [2.24, 2.45) is 23.7 Å². The quantitative estimate of drug-likeness (QED) is 0.0222. The molecule has 8 atom stereocenters. The molecule has 0 spiro atoms. The third-order valence-corrected chi connectivity index (χ3v) is 22.6. The van der Waals surface area contributed by atoms with Gasteiger partial charge in [0.05, 0.1) is 26.4 Å². The topological polar surface area (TPSA) is 237 Å². The van der Waals surface area contributed by atoms with Crippen LogP contribution in [0.1, 0.15) is 434 Å². The normalized spacial score (nSPS) is 14.8. The standard InChI is InChI=1S/C84H164O17P2/c1-9-75(6)61-53-45-37-33-29-25-21-17-13-15-19-23-27-31-35-39-51-59-67-84(89)101-80(71-95-82(87)65-57-49-43-41-47-55-63-77(8)11-3)73-99-103(92,93)97-69-78(85)68-96-102(90,91)98-72-79(70-94-81(86)64-56-48-42-40-46-54-62-76(7)10-2)100-83(88)66-58-50-38-34-30-26-22-18-14-12-16-20-24-28-32-36-44-52-60-74(4)5/h74-80,85H,9-73H2,1-8H3,(H,90,91)(H,92,93)/t75?,76?,77?,78-,79+,80+/m0/s1. The molecule has 0 saturated carbocycles. The first-order valence-corrected chi connectivity index (χ1v) is 46.3. The van der Waals surface area contributed by atoms with Gasteiger partial charge >= 0.3 is 39.5 Å². The monoisotopic (exact) mass is 1510 g/mol. The summed E-state index contributed by atoms with van der Waals surface area (Å²) in [5.41, 5.74) is 0. The molecule has 3 N–H and O–H groups in total. The fourth-order valence-electron chi connectivity index (χ4n) is 12.9. The van der Waals surface area contributed by atoms with Gasteiger partial charge in [0, 0.05) is 25.7 Å². The van der Waals surface area contributed by atoms with Crippen LogP contribution < -0.4 is 0 Å². The molecule has 5 unspecified atom stereocenters. The summed E-state index contributed by atoms with van der Waals surface area (Å²) in [6, 6.07) is 0. The van der Waals surface area contributed by atoms with Crippen LogP contribution in [0.5, 0.6) is 0 Å². The first kappa shape index (κ1) is 101. The van der Waals surface area contributed by atoms with Gasteiger partial charge in [-0.25, -0.2) is 9.13 Å². The number of unbranched alkanes of at least 4 members (excludes halogenated alkanes) is 44. The van der Waals surface area contributed by atoms with Gasteiger partial charge in [-0.05, 0) is 49.4 Å². The molecule has 612 valence electrons. The summed E-state index contributed by atoms with van der Waals surface area (Å²) in [6.07, 6.45) is 61.3. The minimum absolute atomic E-state index is 0.107. The molecule has 0 aromatic carbocycles. The summed E-state index contributed by atoms with van der Waals surface area (Å²) < 4.78 is 68.7. The third kappa shape index (κ3) is 74.0. The molecule has 0 fully saturated rings. The molecular formula is C84H164O17P2. The van der Waals surface area contributed by atoms with Crippen molar-refractivity contribution in [1.82, 2.24) is 0 Å². The second kappa shape index (κ2) is 72.9. The van der Waals surface area contributed by atoms with Crippen molar-refractivity contribution in [3.63, 3.8) is 0 Å². The van der Waals surface area contributed by atoms with Crippen LogP contribution in [0.3, 0.4) is 0 Å². The Morgan fingerprint density at radius 3 is 0.689 bits per heavy atom. The van der Waals surface area contributed by atoms with Gasteiger partial charge in [-0.2, -0.15) is 0 Å². The van der Waals surface area contributed by atoms with E-state index < -0.39 is 97.5 Å². The third-order valence-electron chi connectivity index (χ3n) is 20.7. The van der Waals surface area contributed by atoms with Gasteiger partial charge in [0.25, 0.3) is 0 Å². The number of aliphatic hydroxyl groups excluding tert-OH is 1. The number of esters is 4. The fourth-order valence-corrected chi connectivity index (χ4v) is 14.4. The van der Waals surface area contributed by atoms with Gasteiger partial charge in [0.2, 0.25) is 0 Å². The lowest BCUT2D eigenvalue weighted by Gasteiger charge is -2.21. The van der Waals surface area contributed by atoms with Crippen LogP contribution in [0, 0.1) is 23.7 Å². The van der Waals surface area contributed by atoms with Crippen molar-refractivity contribution < 1.29 is 80.2 Å². The van der Waals surface area contributed by atoms with Crippen molar-refractivity contribution in [2.75, 3.05) is 39.6 Å². The Bertz CT molecular complexity index is 2010. The lowest BCUT2D eigenvalue weighted by molar-refractivity contribution is -0.161. The molecule has 17 nitrogen and oxygen atoms in total. The number of aliphatic hydroxyl groups is 1. The Balaban J connectivity index is 5.14. The van der Waals surface area contributed by atoms with E-state index in [-0.39, 0.29) is 25.7 Å². The van der Waals surface area contributed by atoms with E-state index in [4.69, 9.17) is 37.0 Å². The van der Waals surface area contributed by atoms with Gasteiger partial charge in [0.1, 0.15) is 19.3 Å². The van der Waals surface area contributed by atoms with E-state index in [9.17, 15) is 43.2 Å². The van der Waals surface area contributed by atoms with E-state index in [1.54, 1.807) is 0 Å². The van der Waals surface area contributed by atoms with Crippen molar-refractivity contribution in [3.05, 3.63) is 0 Å². The van der Waals surface area contributed by atoms with E-state index in [0.717, 1.165) is 126 Å². The molecule has 0 bridgehead atoms. The molecule has 0 radical (unpaired) electrons. The largest absolute Gasteiger partial charge is 0.472 e. The first-order chi connectivity index (χ1) is 49.7. The van der Waals surface area contributed by atoms with Gasteiger partial charge < -0.3 is 33.8 Å². The Kier molecular flexibility index (Phi) is 71.5. The Labute approximate surface area is 632 Å². The maximum absolute atomic E-state index is 13.1. The van der Waals surface area contributed by atoms with E-state index in [0.29, 0.717) is 25.7 Å². The highest BCUT2D eigenvalue weighted by Crippen LogP contribution is 2.45. The van der Waals surface area contributed by atoms with Crippen molar-refractivity contribution >= 4 is 39.5 Å². The molecule has 0 aromatic rings. The zero-order chi connectivity index (χ0) is 76.0. The number of ether oxygens (including phenoxy) is 4. The molecule has 19 heteroatoms. The minimum atomic E-state index is -4.96. The second-order valence-corrected chi connectivity index (χ2v) is 34.3. The van der Waals surface area contributed by atoms with Gasteiger partial charge in [-0.3, -0.25) is 37.3 Å². The first-order valence-electron chi connectivity index (χ1n) is 43.3. The van der Waals surface area contributed by atoms with Crippen LogP contribution in [0.25, 0.3) is 0 Å².